The molecule has 0 aliphatic carbocycles. The lowest BCUT2D eigenvalue weighted by Gasteiger charge is -2.29. The van der Waals surface area contributed by atoms with Crippen LogP contribution >= 0.6 is 0 Å². The van der Waals surface area contributed by atoms with E-state index in [2.05, 4.69) is 0 Å². The van der Waals surface area contributed by atoms with Gasteiger partial charge in [0.15, 0.2) is 6.10 Å². The average Bonchev–Trinajstić information content (AvgIpc) is 2.74. The van der Waals surface area contributed by atoms with E-state index in [4.69, 9.17) is 4.74 Å². The van der Waals surface area contributed by atoms with Crippen molar-refractivity contribution in [3.05, 3.63) is 89.7 Å². The summed E-state index contributed by atoms with van der Waals surface area (Å²) in [5.74, 6) is -0.346. The summed E-state index contributed by atoms with van der Waals surface area (Å²) in [6.45, 7) is -1.69. The molecule has 0 heterocycles. The molecule has 1 atom stereocenters. The molecule has 0 fully saturated rings. The van der Waals surface area contributed by atoms with Crippen molar-refractivity contribution in [3.63, 3.8) is 0 Å². The van der Waals surface area contributed by atoms with Crippen LogP contribution in [0.2, 0.25) is 0 Å². The zero-order chi connectivity index (χ0) is 24.2. The molecule has 0 saturated heterocycles. The highest BCUT2D eigenvalue weighted by Crippen LogP contribution is 2.33. The number of halogens is 7. The first-order chi connectivity index (χ1) is 15.4. The molecule has 0 aliphatic rings. The highest BCUT2D eigenvalue weighted by molar-refractivity contribution is 5.52. The van der Waals surface area contributed by atoms with Gasteiger partial charge in [-0.05, 0) is 42.5 Å². The predicted octanol–water partition coefficient (Wildman–Crippen LogP) is 6.57. The van der Waals surface area contributed by atoms with Gasteiger partial charge < -0.3 is 14.7 Å². The van der Waals surface area contributed by atoms with Crippen LogP contribution in [0, 0.1) is 5.82 Å². The molecule has 0 spiro atoms. The number of hydrogen-bond donors (Lipinski definition) is 1. The van der Waals surface area contributed by atoms with Gasteiger partial charge in [0, 0.05) is 23.9 Å². The monoisotopic (exact) mass is 473 g/mol. The molecular weight excluding hydrogens is 455 g/mol. The second-order valence-electron chi connectivity index (χ2n) is 7.15. The normalized spacial score (nSPS) is 13.0. The Balaban J connectivity index is 1.95. The maximum Gasteiger partial charge on any atom is 0.416 e. The minimum absolute atomic E-state index is 0.0866. The van der Waals surface area contributed by atoms with Crippen molar-refractivity contribution < 1.29 is 40.6 Å². The number of hydrogen-bond acceptors (Lipinski definition) is 3. The fraction of sp³-hybridized carbons (Fsp3) is 0.217. The molecule has 0 aromatic heterocycles. The van der Waals surface area contributed by atoms with Crippen molar-refractivity contribution in [1.82, 2.24) is 0 Å². The van der Waals surface area contributed by atoms with Gasteiger partial charge in [-0.25, -0.2) is 4.39 Å². The maximum atomic E-state index is 14.3. The first-order valence-electron chi connectivity index (χ1n) is 9.62. The minimum Gasteiger partial charge on any atom is -0.457 e. The minimum atomic E-state index is -4.98. The SMILES string of the molecule is O[C@H](CN(Cc1cc(C(F)(F)F)ccc1F)c1cccc(Oc2ccccc2)c1)C(F)(F)F. The van der Waals surface area contributed by atoms with E-state index < -0.39 is 48.5 Å². The molecule has 3 nitrogen and oxygen atoms in total. The summed E-state index contributed by atoms with van der Waals surface area (Å²) in [5, 5.41) is 9.58. The molecule has 10 heteroatoms. The Morgan fingerprint density at radius 2 is 1.48 bits per heavy atom. The average molecular weight is 473 g/mol. The Bertz CT molecular complexity index is 1070. The highest BCUT2D eigenvalue weighted by Gasteiger charge is 2.39. The van der Waals surface area contributed by atoms with Crippen LogP contribution in [0.4, 0.5) is 36.4 Å². The van der Waals surface area contributed by atoms with E-state index in [9.17, 15) is 35.8 Å². The molecule has 0 saturated carbocycles. The van der Waals surface area contributed by atoms with Gasteiger partial charge in [0.05, 0.1) is 12.1 Å². The Morgan fingerprint density at radius 1 is 0.818 bits per heavy atom. The van der Waals surface area contributed by atoms with Gasteiger partial charge in [-0.2, -0.15) is 26.3 Å². The summed E-state index contributed by atoms with van der Waals surface area (Å²) >= 11 is 0. The van der Waals surface area contributed by atoms with E-state index in [-0.39, 0.29) is 11.4 Å². The standard InChI is InChI=1S/C23H18F7NO2/c24-20-10-9-16(22(25,26)27)11-15(20)13-31(14-21(32)23(28,29)30)17-5-4-8-19(12-17)33-18-6-2-1-3-7-18/h1-12,21,32H,13-14H2/t21-/m1/s1. The van der Waals surface area contributed by atoms with Crippen LogP contribution in [0.3, 0.4) is 0 Å². The van der Waals surface area contributed by atoms with Crippen LogP contribution < -0.4 is 9.64 Å². The van der Waals surface area contributed by atoms with Crippen molar-refractivity contribution in [2.75, 3.05) is 11.4 Å². The number of aliphatic hydroxyl groups excluding tert-OH is 1. The largest absolute Gasteiger partial charge is 0.457 e. The second kappa shape index (κ2) is 9.70. The molecule has 33 heavy (non-hydrogen) atoms. The van der Waals surface area contributed by atoms with E-state index >= 15 is 0 Å². The van der Waals surface area contributed by atoms with Gasteiger partial charge >= 0.3 is 12.4 Å². The fourth-order valence-corrected chi connectivity index (χ4v) is 3.02. The van der Waals surface area contributed by atoms with E-state index in [1.807, 2.05) is 0 Å². The van der Waals surface area contributed by atoms with Gasteiger partial charge in [0.1, 0.15) is 17.3 Å². The summed E-state index contributed by atoms with van der Waals surface area (Å²) in [4.78, 5) is 0.939. The zero-order valence-corrected chi connectivity index (χ0v) is 16.9. The van der Waals surface area contributed by atoms with Gasteiger partial charge in [0.25, 0.3) is 0 Å². The fourth-order valence-electron chi connectivity index (χ4n) is 3.02. The summed E-state index contributed by atoms with van der Waals surface area (Å²) in [6.07, 6.45) is -12.6. The highest BCUT2D eigenvalue weighted by atomic mass is 19.4. The van der Waals surface area contributed by atoms with Crippen molar-refractivity contribution in [3.8, 4) is 11.5 Å². The number of benzene rings is 3. The number of para-hydroxylation sites is 1. The number of anilines is 1. The van der Waals surface area contributed by atoms with Gasteiger partial charge in [0.2, 0.25) is 0 Å². The molecule has 0 unspecified atom stereocenters. The van der Waals surface area contributed by atoms with Crippen LogP contribution in [0.1, 0.15) is 11.1 Å². The van der Waals surface area contributed by atoms with Gasteiger partial charge in [-0.15, -0.1) is 0 Å². The lowest BCUT2D eigenvalue weighted by atomic mass is 10.1. The molecule has 3 aromatic rings. The topological polar surface area (TPSA) is 32.7 Å². The molecule has 3 aromatic carbocycles. The molecular formula is C23H18F7NO2. The summed E-state index contributed by atoms with van der Waals surface area (Å²) in [5.41, 5.74) is -1.53. The second-order valence-corrected chi connectivity index (χ2v) is 7.15. The molecule has 0 amide bonds. The van der Waals surface area contributed by atoms with E-state index in [0.717, 1.165) is 4.90 Å². The summed E-state index contributed by atoms with van der Waals surface area (Å²) in [7, 11) is 0. The first-order valence-corrected chi connectivity index (χ1v) is 9.62. The number of aliphatic hydroxyl groups is 1. The zero-order valence-electron chi connectivity index (χ0n) is 16.9. The van der Waals surface area contributed by atoms with E-state index in [1.54, 1.807) is 30.3 Å². The van der Waals surface area contributed by atoms with Crippen molar-refractivity contribution in [2.45, 2.75) is 25.0 Å². The first kappa shape index (κ1) is 24.4. The third-order valence-electron chi connectivity index (χ3n) is 4.67. The Kier molecular flexibility index (Phi) is 7.16. The van der Waals surface area contributed by atoms with E-state index in [1.165, 1.54) is 24.3 Å². The van der Waals surface area contributed by atoms with Crippen molar-refractivity contribution in [1.29, 1.82) is 0 Å². The molecule has 0 aliphatic heterocycles. The molecule has 3 rings (SSSR count). The lowest BCUT2D eigenvalue weighted by molar-refractivity contribution is -0.200. The quantitative estimate of drug-likeness (QED) is 0.394. The van der Waals surface area contributed by atoms with Crippen LogP contribution in [0.15, 0.2) is 72.8 Å². The number of nitrogens with zero attached hydrogens (tertiary/aromatic N) is 1. The molecule has 1 N–H and O–H groups in total. The van der Waals surface area contributed by atoms with Crippen LogP contribution in [0.25, 0.3) is 0 Å². The molecule has 0 radical (unpaired) electrons. The summed E-state index contributed by atoms with van der Waals surface area (Å²) < 4.78 is 98.1. The smallest absolute Gasteiger partial charge is 0.416 e. The van der Waals surface area contributed by atoms with Gasteiger partial charge in [-0.3, -0.25) is 0 Å². The number of alkyl halides is 6. The third kappa shape index (κ3) is 6.61. The van der Waals surface area contributed by atoms with Crippen molar-refractivity contribution >= 4 is 5.69 Å². The van der Waals surface area contributed by atoms with Crippen LogP contribution in [-0.2, 0) is 12.7 Å². The summed E-state index contributed by atoms with van der Waals surface area (Å²) in [6, 6.07) is 15.9. The van der Waals surface area contributed by atoms with E-state index in [0.29, 0.717) is 23.9 Å². The lowest BCUT2D eigenvalue weighted by Crippen LogP contribution is -2.41. The predicted molar refractivity (Wildman–Crippen MR) is 107 cm³/mol. The Morgan fingerprint density at radius 3 is 2.12 bits per heavy atom. The van der Waals surface area contributed by atoms with Crippen LogP contribution in [-0.4, -0.2) is 23.9 Å². The maximum absolute atomic E-state index is 14.3. The molecule has 176 valence electrons. The van der Waals surface area contributed by atoms with Crippen LogP contribution in [0.5, 0.6) is 11.5 Å². The van der Waals surface area contributed by atoms with Crippen molar-refractivity contribution in [2.24, 2.45) is 0 Å². The van der Waals surface area contributed by atoms with Gasteiger partial charge in [-0.1, -0.05) is 24.3 Å². The Labute approximate surface area is 184 Å². The number of ether oxygens (including phenoxy) is 1. The molecule has 0 bridgehead atoms. The third-order valence-corrected chi connectivity index (χ3v) is 4.67. The number of rotatable bonds is 7. The Hall–Kier alpha value is -3.27.